The summed E-state index contributed by atoms with van der Waals surface area (Å²) in [6.07, 6.45) is 4.78. The fraction of sp³-hybridized carbons (Fsp3) is 0.148. The number of amides is 1. The van der Waals surface area contributed by atoms with Crippen molar-refractivity contribution in [2.45, 2.75) is 13.5 Å². The van der Waals surface area contributed by atoms with Crippen molar-refractivity contribution in [1.29, 1.82) is 0 Å². The summed E-state index contributed by atoms with van der Waals surface area (Å²) in [6.45, 7) is 2.71. The Labute approximate surface area is 212 Å². The highest BCUT2D eigenvalue weighted by Gasteiger charge is 2.18. The molecule has 1 N–H and O–H groups in total. The fourth-order valence-electron chi connectivity index (χ4n) is 3.74. The number of carbonyl (C=O) groups excluding carboxylic acids is 1. The number of ether oxygens (including phenoxy) is 2. The van der Waals surface area contributed by atoms with Gasteiger partial charge in [0.1, 0.15) is 12.0 Å². The van der Waals surface area contributed by atoms with Gasteiger partial charge in [0.15, 0.2) is 17.3 Å². The van der Waals surface area contributed by atoms with E-state index in [-0.39, 0.29) is 11.6 Å². The van der Waals surface area contributed by atoms with Gasteiger partial charge >= 0.3 is 0 Å². The van der Waals surface area contributed by atoms with E-state index in [2.05, 4.69) is 25.4 Å². The zero-order chi connectivity index (χ0) is 25.6. The number of pyridine rings is 1. The van der Waals surface area contributed by atoms with Gasteiger partial charge in [-0.15, -0.1) is 0 Å². The van der Waals surface area contributed by atoms with Crippen molar-refractivity contribution in [2.75, 3.05) is 13.7 Å². The highest BCUT2D eigenvalue weighted by molar-refractivity contribution is 5.92. The molecule has 3 aromatic heterocycles. The first-order chi connectivity index (χ1) is 18.2. The standard InChI is InChI=1S/C27H24N6O4/c1-3-36-23-14-18(11-12-22(23)35-2)15-29-26(34)21-16-33(17-30-21)25-20(10-7-13-28-25)27-31-24(32-37-27)19-8-5-4-6-9-19/h4-14,16-17H,3,15H2,1-2H3,(H,29,34). The summed E-state index contributed by atoms with van der Waals surface area (Å²) >= 11 is 0. The van der Waals surface area contributed by atoms with Crippen LogP contribution >= 0.6 is 0 Å². The number of hydrogen-bond acceptors (Lipinski definition) is 8. The molecule has 0 aliphatic rings. The maximum atomic E-state index is 12.8. The SMILES string of the molecule is CCOc1cc(CNC(=O)c2cn(-c3ncccc3-c3nc(-c4ccccc4)no3)cn2)ccc1OC. The fourth-order valence-corrected chi connectivity index (χ4v) is 3.74. The molecule has 0 spiro atoms. The third kappa shape index (κ3) is 5.18. The van der Waals surface area contributed by atoms with Crippen molar-refractivity contribution in [3.05, 3.63) is 90.6 Å². The van der Waals surface area contributed by atoms with E-state index in [0.29, 0.717) is 47.7 Å². The van der Waals surface area contributed by atoms with Crippen LogP contribution in [0, 0.1) is 0 Å². The van der Waals surface area contributed by atoms with E-state index >= 15 is 0 Å². The van der Waals surface area contributed by atoms with Crippen LogP contribution in [0.3, 0.4) is 0 Å². The number of nitrogens with one attached hydrogen (secondary N) is 1. The average molecular weight is 497 g/mol. The minimum absolute atomic E-state index is 0.241. The lowest BCUT2D eigenvalue weighted by Crippen LogP contribution is -2.23. The normalized spacial score (nSPS) is 10.8. The second-order valence-electron chi connectivity index (χ2n) is 7.93. The number of benzene rings is 2. The predicted molar refractivity (Wildman–Crippen MR) is 135 cm³/mol. The van der Waals surface area contributed by atoms with Gasteiger partial charge in [-0.2, -0.15) is 4.98 Å². The number of hydrogen-bond donors (Lipinski definition) is 1. The molecule has 10 heteroatoms. The molecule has 5 aromatic rings. The number of carbonyl (C=O) groups is 1. The third-order valence-corrected chi connectivity index (χ3v) is 5.52. The smallest absolute Gasteiger partial charge is 0.271 e. The first-order valence-electron chi connectivity index (χ1n) is 11.6. The molecule has 0 aliphatic heterocycles. The summed E-state index contributed by atoms with van der Waals surface area (Å²) in [7, 11) is 1.59. The molecule has 10 nitrogen and oxygen atoms in total. The molecule has 0 radical (unpaired) electrons. The van der Waals surface area contributed by atoms with Crippen LogP contribution < -0.4 is 14.8 Å². The maximum absolute atomic E-state index is 12.8. The van der Waals surface area contributed by atoms with Crippen molar-refractivity contribution in [1.82, 2.24) is 30.0 Å². The molecule has 0 bridgehead atoms. The minimum atomic E-state index is -0.325. The quantitative estimate of drug-likeness (QED) is 0.321. The Morgan fingerprint density at radius 2 is 1.92 bits per heavy atom. The van der Waals surface area contributed by atoms with Gasteiger partial charge in [-0.1, -0.05) is 41.6 Å². The van der Waals surface area contributed by atoms with E-state index in [0.717, 1.165) is 11.1 Å². The van der Waals surface area contributed by atoms with E-state index < -0.39 is 0 Å². The Morgan fingerprint density at radius 1 is 1.05 bits per heavy atom. The highest BCUT2D eigenvalue weighted by atomic mass is 16.5. The van der Waals surface area contributed by atoms with E-state index in [1.165, 1.54) is 6.33 Å². The van der Waals surface area contributed by atoms with Crippen LogP contribution in [0.5, 0.6) is 11.5 Å². The molecular formula is C27H24N6O4. The Balaban J connectivity index is 1.33. The maximum Gasteiger partial charge on any atom is 0.271 e. The Morgan fingerprint density at radius 3 is 2.73 bits per heavy atom. The Bertz CT molecular complexity index is 1510. The van der Waals surface area contributed by atoms with E-state index in [4.69, 9.17) is 14.0 Å². The van der Waals surface area contributed by atoms with E-state index in [9.17, 15) is 4.79 Å². The molecule has 1 amide bonds. The molecule has 0 fully saturated rings. The lowest BCUT2D eigenvalue weighted by atomic mass is 10.2. The molecule has 0 unspecified atom stereocenters. The van der Waals surface area contributed by atoms with E-state index in [1.54, 1.807) is 30.1 Å². The van der Waals surface area contributed by atoms with Gasteiger partial charge in [-0.25, -0.2) is 9.97 Å². The van der Waals surface area contributed by atoms with Crippen LogP contribution in [0.4, 0.5) is 0 Å². The lowest BCUT2D eigenvalue weighted by Gasteiger charge is -2.11. The van der Waals surface area contributed by atoms with Gasteiger partial charge in [0.05, 0.1) is 19.3 Å². The number of nitrogens with zero attached hydrogens (tertiary/aromatic N) is 5. The summed E-state index contributed by atoms with van der Waals surface area (Å²) in [4.78, 5) is 26.1. The van der Waals surface area contributed by atoms with Crippen LogP contribution in [0.2, 0.25) is 0 Å². The molecule has 0 atom stereocenters. The number of rotatable bonds is 9. The number of imidazole rings is 1. The summed E-state index contributed by atoms with van der Waals surface area (Å²) in [5, 5.41) is 6.98. The number of methoxy groups -OCH3 is 1. The molecule has 0 aliphatic carbocycles. The first kappa shape index (κ1) is 23.7. The number of aromatic nitrogens is 5. The van der Waals surface area contributed by atoms with Gasteiger partial charge < -0.3 is 19.3 Å². The lowest BCUT2D eigenvalue weighted by molar-refractivity contribution is 0.0946. The monoisotopic (exact) mass is 496 g/mol. The third-order valence-electron chi connectivity index (χ3n) is 5.52. The molecule has 0 saturated carbocycles. The first-order valence-corrected chi connectivity index (χ1v) is 11.6. The topological polar surface area (TPSA) is 117 Å². The summed E-state index contributed by atoms with van der Waals surface area (Å²) in [5.74, 6) is 2.23. The zero-order valence-corrected chi connectivity index (χ0v) is 20.3. The average Bonchev–Trinajstić information content (AvgIpc) is 3.63. The summed E-state index contributed by atoms with van der Waals surface area (Å²) < 4.78 is 18.1. The van der Waals surface area contributed by atoms with E-state index in [1.807, 2.05) is 61.5 Å². The highest BCUT2D eigenvalue weighted by Crippen LogP contribution is 2.28. The summed E-state index contributed by atoms with van der Waals surface area (Å²) in [5.41, 5.74) is 2.57. The molecule has 5 rings (SSSR count). The van der Waals surface area contributed by atoms with Crippen LogP contribution in [0.15, 0.2) is 83.9 Å². The predicted octanol–water partition coefficient (Wildman–Crippen LogP) is 4.32. The van der Waals surface area contributed by atoms with Crippen LogP contribution in [0.1, 0.15) is 23.0 Å². The Kier molecular flexibility index (Phi) is 6.89. The summed E-state index contributed by atoms with van der Waals surface area (Å²) in [6, 6.07) is 18.7. The van der Waals surface area contributed by atoms with Crippen molar-refractivity contribution in [3.63, 3.8) is 0 Å². The second kappa shape index (κ2) is 10.7. The van der Waals surface area contributed by atoms with Crippen molar-refractivity contribution >= 4 is 5.91 Å². The molecular weight excluding hydrogens is 472 g/mol. The van der Waals surface area contributed by atoms with Gasteiger partial charge in [-0.05, 0) is 36.8 Å². The van der Waals surface area contributed by atoms with Crippen molar-refractivity contribution < 1.29 is 18.8 Å². The molecule has 0 saturated heterocycles. The van der Waals surface area contributed by atoms with Gasteiger partial charge in [0, 0.05) is 24.5 Å². The molecule has 186 valence electrons. The van der Waals surface area contributed by atoms with Gasteiger partial charge in [0.2, 0.25) is 5.82 Å². The van der Waals surface area contributed by atoms with Crippen molar-refractivity contribution in [3.8, 4) is 40.2 Å². The van der Waals surface area contributed by atoms with Crippen molar-refractivity contribution in [2.24, 2.45) is 0 Å². The van der Waals surface area contributed by atoms with Crippen LogP contribution in [-0.2, 0) is 6.54 Å². The van der Waals surface area contributed by atoms with Gasteiger partial charge in [-0.3, -0.25) is 9.36 Å². The van der Waals surface area contributed by atoms with Crippen LogP contribution in [0.25, 0.3) is 28.7 Å². The molecule has 2 aromatic carbocycles. The minimum Gasteiger partial charge on any atom is -0.493 e. The van der Waals surface area contributed by atoms with Gasteiger partial charge in [0.25, 0.3) is 11.8 Å². The zero-order valence-electron chi connectivity index (χ0n) is 20.3. The Hall–Kier alpha value is -4.99. The van der Waals surface area contributed by atoms with Crippen LogP contribution in [-0.4, -0.2) is 44.3 Å². The second-order valence-corrected chi connectivity index (χ2v) is 7.93. The molecule has 37 heavy (non-hydrogen) atoms. The molecule has 3 heterocycles. The largest absolute Gasteiger partial charge is 0.493 e.